The highest BCUT2D eigenvalue weighted by molar-refractivity contribution is 5.93. The van der Waals surface area contributed by atoms with E-state index in [0.29, 0.717) is 25.8 Å². The molecule has 2 fully saturated rings. The molecule has 0 spiro atoms. The first kappa shape index (κ1) is 20.3. The number of nitrogens with one attached hydrogen (secondary N) is 2. The van der Waals surface area contributed by atoms with Gasteiger partial charge in [0.05, 0.1) is 6.04 Å². The predicted molar refractivity (Wildman–Crippen MR) is 106 cm³/mol. The lowest BCUT2D eigenvalue weighted by atomic mass is 10.1. The van der Waals surface area contributed by atoms with Crippen molar-refractivity contribution in [3.63, 3.8) is 0 Å². The van der Waals surface area contributed by atoms with Gasteiger partial charge in [-0.3, -0.25) is 14.4 Å². The molecule has 2 aliphatic rings. The molecule has 3 rings (SSSR count). The van der Waals surface area contributed by atoms with Crippen LogP contribution in [0.25, 0.3) is 0 Å². The maximum absolute atomic E-state index is 13.2. The first-order chi connectivity index (χ1) is 13.5. The average molecular weight is 386 g/mol. The van der Waals surface area contributed by atoms with E-state index in [1.807, 2.05) is 37.3 Å². The van der Waals surface area contributed by atoms with Crippen LogP contribution in [0, 0.1) is 0 Å². The van der Waals surface area contributed by atoms with Gasteiger partial charge in [0.1, 0.15) is 12.1 Å². The van der Waals surface area contributed by atoms with Crippen LogP contribution in [0.4, 0.5) is 0 Å². The van der Waals surface area contributed by atoms with Gasteiger partial charge in [-0.15, -0.1) is 0 Å². The molecular weight excluding hydrogens is 356 g/mol. The summed E-state index contributed by atoms with van der Waals surface area (Å²) in [6.45, 7) is 2.27. The fourth-order valence-corrected chi connectivity index (χ4v) is 4.12. The van der Waals surface area contributed by atoms with Crippen LogP contribution < -0.4 is 16.4 Å². The van der Waals surface area contributed by atoms with Gasteiger partial charge in [-0.05, 0) is 44.1 Å². The summed E-state index contributed by atoms with van der Waals surface area (Å²) in [6, 6.07) is 8.09. The van der Waals surface area contributed by atoms with Gasteiger partial charge in [0.25, 0.3) is 0 Å². The molecule has 152 valence electrons. The molecule has 2 aliphatic heterocycles. The summed E-state index contributed by atoms with van der Waals surface area (Å²) in [6.07, 6.45) is 4.30. The number of carbonyl (C=O) groups is 3. The molecule has 0 radical (unpaired) electrons. The van der Waals surface area contributed by atoms with Crippen LogP contribution in [-0.2, 0) is 20.9 Å². The summed E-state index contributed by atoms with van der Waals surface area (Å²) in [5.41, 5.74) is 6.81. The second-order valence-electron chi connectivity index (χ2n) is 7.70. The second-order valence-corrected chi connectivity index (χ2v) is 7.70. The summed E-state index contributed by atoms with van der Waals surface area (Å²) >= 11 is 0. The quantitative estimate of drug-likeness (QED) is 0.680. The molecule has 1 aromatic rings. The van der Waals surface area contributed by atoms with Gasteiger partial charge in [0.15, 0.2) is 0 Å². The summed E-state index contributed by atoms with van der Waals surface area (Å²) in [5, 5.41) is 5.76. The van der Waals surface area contributed by atoms with E-state index in [9.17, 15) is 14.4 Å². The summed E-state index contributed by atoms with van der Waals surface area (Å²) in [5.74, 6) is -0.586. The van der Waals surface area contributed by atoms with E-state index in [1.165, 1.54) is 0 Å². The Balaban J connectivity index is 1.66. The Morgan fingerprint density at radius 2 is 1.93 bits per heavy atom. The monoisotopic (exact) mass is 386 g/mol. The van der Waals surface area contributed by atoms with E-state index in [-0.39, 0.29) is 23.8 Å². The zero-order valence-corrected chi connectivity index (χ0v) is 16.4. The van der Waals surface area contributed by atoms with Gasteiger partial charge in [-0.25, -0.2) is 0 Å². The Labute approximate surface area is 166 Å². The number of nitrogens with two attached hydrogens (primary N) is 1. The summed E-state index contributed by atoms with van der Waals surface area (Å²) in [4.78, 5) is 39.9. The number of amides is 3. The van der Waals surface area contributed by atoms with Gasteiger partial charge in [0.2, 0.25) is 17.7 Å². The zero-order valence-electron chi connectivity index (χ0n) is 16.4. The van der Waals surface area contributed by atoms with E-state index in [4.69, 9.17) is 5.73 Å². The highest BCUT2D eigenvalue weighted by atomic mass is 16.2. The molecule has 3 amide bonds. The lowest BCUT2D eigenvalue weighted by molar-refractivity contribution is -0.142. The van der Waals surface area contributed by atoms with Crippen molar-refractivity contribution in [1.82, 2.24) is 15.5 Å². The Morgan fingerprint density at radius 3 is 2.64 bits per heavy atom. The van der Waals surface area contributed by atoms with E-state index in [0.717, 1.165) is 24.8 Å². The minimum atomic E-state index is -0.615. The van der Waals surface area contributed by atoms with Crippen LogP contribution >= 0.6 is 0 Å². The number of nitrogens with zero attached hydrogens (tertiary/aromatic N) is 1. The number of benzene rings is 1. The standard InChI is InChI=1S/C21H30N4O3/c1-2-16(22)19(26)24-17-10-6-9-15-11-12-18(25(15)21(17)28)20(27)23-13-14-7-4-3-5-8-14/h3-5,7-8,15-18H,2,6,9-13,22H2,1H3,(H,23,27)(H,24,26). The van der Waals surface area contributed by atoms with E-state index in [1.54, 1.807) is 4.90 Å². The van der Waals surface area contributed by atoms with Crippen molar-refractivity contribution in [3.8, 4) is 0 Å². The zero-order chi connectivity index (χ0) is 20.1. The number of hydrogen-bond donors (Lipinski definition) is 3. The maximum Gasteiger partial charge on any atom is 0.246 e. The van der Waals surface area contributed by atoms with E-state index in [2.05, 4.69) is 10.6 Å². The molecule has 1 aromatic carbocycles. The molecule has 0 aromatic heterocycles. The Kier molecular flexibility index (Phi) is 6.67. The van der Waals surface area contributed by atoms with Crippen LogP contribution in [0.15, 0.2) is 30.3 Å². The predicted octanol–water partition coefficient (Wildman–Crippen LogP) is 1.07. The lowest BCUT2D eigenvalue weighted by Gasteiger charge is -2.30. The molecule has 2 saturated heterocycles. The molecule has 4 N–H and O–H groups in total. The number of hydrogen-bond acceptors (Lipinski definition) is 4. The van der Waals surface area contributed by atoms with E-state index < -0.39 is 18.1 Å². The molecule has 4 unspecified atom stereocenters. The van der Waals surface area contributed by atoms with Crippen molar-refractivity contribution in [2.24, 2.45) is 5.73 Å². The topological polar surface area (TPSA) is 105 Å². The first-order valence-electron chi connectivity index (χ1n) is 10.2. The van der Waals surface area contributed by atoms with Crippen LogP contribution in [0.3, 0.4) is 0 Å². The normalized spacial score (nSPS) is 25.6. The van der Waals surface area contributed by atoms with Crippen molar-refractivity contribution < 1.29 is 14.4 Å². The minimum Gasteiger partial charge on any atom is -0.350 e. The Bertz CT molecular complexity index is 709. The molecule has 7 heteroatoms. The third kappa shape index (κ3) is 4.52. The fourth-order valence-electron chi connectivity index (χ4n) is 4.12. The molecule has 0 bridgehead atoms. The highest BCUT2D eigenvalue weighted by Gasteiger charge is 2.44. The van der Waals surface area contributed by atoms with Crippen molar-refractivity contribution in [3.05, 3.63) is 35.9 Å². The SMILES string of the molecule is CCC(N)C(=O)NC1CCCC2CCC(C(=O)NCc3ccccc3)N2C1=O. The molecule has 0 saturated carbocycles. The van der Waals surface area contributed by atoms with Gasteiger partial charge in [-0.2, -0.15) is 0 Å². The Hall–Kier alpha value is -2.41. The third-order valence-corrected chi connectivity index (χ3v) is 5.79. The average Bonchev–Trinajstić information content (AvgIpc) is 3.08. The third-order valence-electron chi connectivity index (χ3n) is 5.79. The number of carbonyl (C=O) groups excluding carboxylic acids is 3. The van der Waals surface area contributed by atoms with Gasteiger partial charge in [0, 0.05) is 12.6 Å². The van der Waals surface area contributed by atoms with Crippen molar-refractivity contribution in [2.45, 2.75) is 76.2 Å². The van der Waals surface area contributed by atoms with Crippen molar-refractivity contribution in [2.75, 3.05) is 0 Å². The van der Waals surface area contributed by atoms with Crippen LogP contribution in [0.1, 0.15) is 51.0 Å². The smallest absolute Gasteiger partial charge is 0.246 e. The van der Waals surface area contributed by atoms with Crippen molar-refractivity contribution >= 4 is 17.7 Å². The summed E-state index contributed by atoms with van der Waals surface area (Å²) < 4.78 is 0. The van der Waals surface area contributed by atoms with Gasteiger partial charge >= 0.3 is 0 Å². The first-order valence-corrected chi connectivity index (χ1v) is 10.2. The second kappa shape index (κ2) is 9.19. The van der Waals surface area contributed by atoms with Crippen LogP contribution in [0.2, 0.25) is 0 Å². The van der Waals surface area contributed by atoms with Crippen LogP contribution in [-0.4, -0.2) is 46.8 Å². The molecule has 0 aliphatic carbocycles. The molecule has 2 heterocycles. The fraction of sp³-hybridized carbons (Fsp3) is 0.571. The largest absolute Gasteiger partial charge is 0.350 e. The van der Waals surface area contributed by atoms with Gasteiger partial charge < -0.3 is 21.3 Å². The Morgan fingerprint density at radius 1 is 1.18 bits per heavy atom. The van der Waals surface area contributed by atoms with Crippen LogP contribution in [0.5, 0.6) is 0 Å². The molecular formula is C21H30N4O3. The number of rotatable bonds is 6. The van der Waals surface area contributed by atoms with Crippen molar-refractivity contribution in [1.29, 1.82) is 0 Å². The molecule has 7 nitrogen and oxygen atoms in total. The molecule has 4 atom stereocenters. The maximum atomic E-state index is 13.2. The number of fused-ring (bicyclic) bond motifs is 1. The highest BCUT2D eigenvalue weighted by Crippen LogP contribution is 2.32. The minimum absolute atomic E-state index is 0.0710. The van der Waals surface area contributed by atoms with E-state index >= 15 is 0 Å². The summed E-state index contributed by atoms with van der Waals surface area (Å²) in [7, 11) is 0. The lowest BCUT2D eigenvalue weighted by Crippen LogP contribution is -2.56. The molecule has 28 heavy (non-hydrogen) atoms. The van der Waals surface area contributed by atoms with Gasteiger partial charge in [-0.1, -0.05) is 37.3 Å².